The lowest BCUT2D eigenvalue weighted by molar-refractivity contribution is -0.117. The Morgan fingerprint density at radius 1 is 1.28 bits per heavy atom. The van der Waals surface area contributed by atoms with Gasteiger partial charge in [-0.25, -0.2) is 4.39 Å². The van der Waals surface area contributed by atoms with Crippen LogP contribution >= 0.6 is 0 Å². The molecule has 0 aliphatic carbocycles. The summed E-state index contributed by atoms with van der Waals surface area (Å²) in [6.45, 7) is 3.23. The van der Waals surface area contributed by atoms with E-state index < -0.39 is 5.82 Å². The van der Waals surface area contributed by atoms with Gasteiger partial charge in [0.05, 0.1) is 25.3 Å². The average molecular weight is 341 g/mol. The summed E-state index contributed by atoms with van der Waals surface area (Å²) in [4.78, 5) is 14.1. The zero-order chi connectivity index (χ0) is 18.2. The van der Waals surface area contributed by atoms with Crippen molar-refractivity contribution in [3.05, 3.63) is 59.4 Å². The Balaban J connectivity index is 1.95. The van der Waals surface area contributed by atoms with Crippen LogP contribution in [0.4, 0.5) is 10.1 Å². The minimum Gasteiger partial charge on any atom is -0.494 e. The van der Waals surface area contributed by atoms with Gasteiger partial charge in [-0.3, -0.25) is 9.69 Å². The number of amides is 1. The maximum atomic E-state index is 13.8. The summed E-state index contributed by atoms with van der Waals surface area (Å²) in [5.74, 6) is -0.385. The summed E-state index contributed by atoms with van der Waals surface area (Å²) in [7, 11) is 1.42. The van der Waals surface area contributed by atoms with Crippen LogP contribution in [0.15, 0.2) is 42.5 Å². The zero-order valence-electron chi connectivity index (χ0n) is 14.3. The molecule has 0 atom stereocenters. The Kier molecular flexibility index (Phi) is 6.49. The van der Waals surface area contributed by atoms with E-state index in [1.807, 2.05) is 17.9 Å². The van der Waals surface area contributed by atoms with Crippen LogP contribution in [0.25, 0.3) is 0 Å². The topological polar surface area (TPSA) is 65.4 Å². The lowest BCUT2D eigenvalue weighted by Gasteiger charge is -2.20. The van der Waals surface area contributed by atoms with Crippen LogP contribution in [0.5, 0.6) is 5.75 Å². The van der Waals surface area contributed by atoms with E-state index >= 15 is 0 Å². The average Bonchev–Trinajstić information content (AvgIpc) is 2.62. The largest absolute Gasteiger partial charge is 0.494 e. The first-order valence-electron chi connectivity index (χ1n) is 7.90. The number of hydrogen-bond acceptors (Lipinski definition) is 4. The summed E-state index contributed by atoms with van der Waals surface area (Å²) in [5, 5.41) is 11.6. The van der Waals surface area contributed by atoms with Gasteiger partial charge in [0.1, 0.15) is 0 Å². The zero-order valence-corrected chi connectivity index (χ0v) is 14.3. The molecule has 2 aromatic carbocycles. The van der Waals surface area contributed by atoms with Gasteiger partial charge in [0.2, 0.25) is 5.91 Å². The Bertz CT molecular complexity index is 769. The van der Waals surface area contributed by atoms with E-state index in [-0.39, 0.29) is 18.2 Å². The molecule has 0 fully saturated rings. The van der Waals surface area contributed by atoms with Crippen molar-refractivity contribution in [1.82, 2.24) is 4.90 Å². The summed E-state index contributed by atoms with van der Waals surface area (Å²) in [6, 6.07) is 13.5. The summed E-state index contributed by atoms with van der Waals surface area (Å²) in [5.41, 5.74) is 1.94. The molecule has 0 radical (unpaired) electrons. The normalized spacial score (nSPS) is 10.4. The van der Waals surface area contributed by atoms with Gasteiger partial charge in [-0.1, -0.05) is 13.0 Å². The lowest BCUT2D eigenvalue weighted by atomic mass is 10.2. The van der Waals surface area contributed by atoms with Crippen molar-refractivity contribution in [2.45, 2.75) is 13.5 Å². The number of nitrogens with one attached hydrogen (secondary N) is 1. The van der Waals surface area contributed by atoms with Crippen molar-refractivity contribution < 1.29 is 13.9 Å². The molecule has 0 aliphatic heterocycles. The van der Waals surface area contributed by atoms with Crippen molar-refractivity contribution in [3.8, 4) is 11.8 Å². The molecule has 0 unspecified atom stereocenters. The van der Waals surface area contributed by atoms with Crippen LogP contribution in [0.1, 0.15) is 18.1 Å². The number of likely N-dealkylation sites (N-methyl/N-ethyl adjacent to an activating group) is 1. The summed E-state index contributed by atoms with van der Waals surface area (Å²) < 4.78 is 18.7. The van der Waals surface area contributed by atoms with E-state index in [2.05, 4.69) is 5.32 Å². The van der Waals surface area contributed by atoms with Gasteiger partial charge in [0.25, 0.3) is 0 Å². The molecule has 0 saturated carbocycles. The predicted octanol–water partition coefficient (Wildman–Crippen LogP) is 3.17. The number of halogens is 1. The van der Waals surface area contributed by atoms with Crippen LogP contribution in [0.2, 0.25) is 0 Å². The highest BCUT2D eigenvalue weighted by Crippen LogP contribution is 2.18. The van der Waals surface area contributed by atoms with Crippen molar-refractivity contribution in [2.24, 2.45) is 0 Å². The monoisotopic (exact) mass is 341 g/mol. The van der Waals surface area contributed by atoms with E-state index in [0.29, 0.717) is 24.3 Å². The highest BCUT2D eigenvalue weighted by Gasteiger charge is 2.12. The van der Waals surface area contributed by atoms with Crippen LogP contribution in [0.3, 0.4) is 0 Å². The maximum Gasteiger partial charge on any atom is 0.238 e. The molecule has 0 aromatic heterocycles. The number of hydrogen-bond donors (Lipinski definition) is 1. The molecule has 0 spiro atoms. The van der Waals surface area contributed by atoms with Crippen LogP contribution in [-0.2, 0) is 11.3 Å². The molecule has 0 saturated heterocycles. The van der Waals surface area contributed by atoms with Gasteiger partial charge in [-0.05, 0) is 48.5 Å². The fraction of sp³-hybridized carbons (Fsp3) is 0.263. The predicted molar refractivity (Wildman–Crippen MR) is 93.7 cm³/mol. The SMILES string of the molecule is CCN(CC(=O)Nc1ccc(C#N)cc1)Cc1ccc(OC)c(F)c1. The van der Waals surface area contributed by atoms with Crippen molar-refractivity contribution in [2.75, 3.05) is 25.5 Å². The molecule has 2 aromatic rings. The molecule has 0 aliphatic rings. The maximum absolute atomic E-state index is 13.8. The standard InChI is InChI=1S/C19H20FN3O2/c1-3-23(12-15-6-9-18(25-2)17(20)10-15)13-19(24)22-16-7-4-14(11-21)5-8-16/h4-10H,3,12-13H2,1-2H3,(H,22,24). The molecule has 25 heavy (non-hydrogen) atoms. The molecule has 0 heterocycles. The number of nitriles is 1. The molecule has 0 bridgehead atoms. The fourth-order valence-corrected chi connectivity index (χ4v) is 2.38. The number of benzene rings is 2. The Hall–Kier alpha value is -2.91. The van der Waals surface area contributed by atoms with Crippen molar-refractivity contribution >= 4 is 11.6 Å². The number of carbonyl (C=O) groups excluding carboxylic acids is 1. The second-order valence-corrected chi connectivity index (χ2v) is 5.51. The van der Waals surface area contributed by atoms with E-state index in [1.54, 1.807) is 36.4 Å². The highest BCUT2D eigenvalue weighted by molar-refractivity contribution is 5.92. The third-order valence-corrected chi connectivity index (χ3v) is 3.73. The third kappa shape index (κ3) is 5.30. The van der Waals surface area contributed by atoms with Gasteiger partial charge in [0.15, 0.2) is 11.6 Å². The second kappa shape index (κ2) is 8.81. The first-order valence-corrected chi connectivity index (χ1v) is 7.90. The van der Waals surface area contributed by atoms with Gasteiger partial charge >= 0.3 is 0 Å². The molecule has 1 amide bonds. The molecule has 2 rings (SSSR count). The Morgan fingerprint density at radius 2 is 2.00 bits per heavy atom. The van der Waals surface area contributed by atoms with E-state index in [9.17, 15) is 9.18 Å². The number of ether oxygens (including phenoxy) is 1. The second-order valence-electron chi connectivity index (χ2n) is 5.51. The molecule has 5 nitrogen and oxygen atoms in total. The van der Waals surface area contributed by atoms with Crippen LogP contribution in [-0.4, -0.2) is 31.0 Å². The highest BCUT2D eigenvalue weighted by atomic mass is 19.1. The number of carbonyl (C=O) groups is 1. The lowest BCUT2D eigenvalue weighted by Crippen LogP contribution is -2.32. The van der Waals surface area contributed by atoms with E-state index in [1.165, 1.54) is 13.2 Å². The minimum absolute atomic E-state index is 0.166. The fourth-order valence-electron chi connectivity index (χ4n) is 2.38. The number of methoxy groups -OCH3 is 1. The quantitative estimate of drug-likeness (QED) is 0.840. The van der Waals surface area contributed by atoms with Crippen molar-refractivity contribution in [1.29, 1.82) is 5.26 Å². The van der Waals surface area contributed by atoms with Crippen molar-refractivity contribution in [3.63, 3.8) is 0 Å². The summed E-state index contributed by atoms with van der Waals surface area (Å²) >= 11 is 0. The number of anilines is 1. The molecule has 1 N–H and O–H groups in total. The molecular weight excluding hydrogens is 321 g/mol. The summed E-state index contributed by atoms with van der Waals surface area (Å²) in [6.07, 6.45) is 0. The first kappa shape index (κ1) is 18.4. The Morgan fingerprint density at radius 3 is 2.56 bits per heavy atom. The van der Waals surface area contributed by atoms with E-state index in [4.69, 9.17) is 10.00 Å². The third-order valence-electron chi connectivity index (χ3n) is 3.73. The van der Waals surface area contributed by atoms with Crippen LogP contribution in [0, 0.1) is 17.1 Å². The molecule has 6 heteroatoms. The van der Waals surface area contributed by atoms with Gasteiger partial charge in [0, 0.05) is 12.2 Å². The van der Waals surface area contributed by atoms with Gasteiger partial charge in [-0.2, -0.15) is 5.26 Å². The van der Waals surface area contributed by atoms with Gasteiger partial charge < -0.3 is 10.1 Å². The Labute approximate surface area is 146 Å². The van der Waals surface area contributed by atoms with E-state index in [0.717, 1.165) is 5.56 Å². The number of nitrogens with zero attached hydrogens (tertiary/aromatic N) is 2. The smallest absolute Gasteiger partial charge is 0.238 e. The number of rotatable bonds is 7. The van der Waals surface area contributed by atoms with Gasteiger partial charge in [-0.15, -0.1) is 0 Å². The molecule has 130 valence electrons. The molecular formula is C19H20FN3O2. The first-order chi connectivity index (χ1) is 12.0. The minimum atomic E-state index is -0.418. The van der Waals surface area contributed by atoms with Crippen LogP contribution < -0.4 is 10.1 Å².